The number of aryl methyl sites for hydroxylation is 2. The number of para-hydroxylation sites is 1. The van der Waals surface area contributed by atoms with Crippen LogP contribution in [0.4, 0.5) is 0 Å². The number of fused-ring (bicyclic) bond motifs is 1. The molecule has 1 N–H and O–H groups in total. The predicted molar refractivity (Wildman–Crippen MR) is 80.8 cm³/mol. The van der Waals surface area contributed by atoms with E-state index in [4.69, 9.17) is 4.42 Å². The molecule has 0 saturated heterocycles. The molecule has 0 radical (unpaired) electrons. The third kappa shape index (κ3) is 2.10. The SMILES string of the molecule is CNC(c1cc(C)oc1C)c1cccc2cccnc12. The van der Waals surface area contributed by atoms with Crippen LogP contribution in [0.2, 0.25) is 0 Å². The van der Waals surface area contributed by atoms with Crippen molar-refractivity contribution in [2.24, 2.45) is 0 Å². The van der Waals surface area contributed by atoms with Crippen LogP contribution in [0.15, 0.2) is 47.0 Å². The average Bonchev–Trinajstić information content (AvgIpc) is 2.79. The summed E-state index contributed by atoms with van der Waals surface area (Å²) in [6.45, 7) is 3.98. The summed E-state index contributed by atoms with van der Waals surface area (Å²) in [5.41, 5.74) is 3.38. The van der Waals surface area contributed by atoms with Gasteiger partial charge in [0.1, 0.15) is 11.5 Å². The Kier molecular flexibility index (Phi) is 3.28. The Hall–Kier alpha value is -2.13. The molecule has 0 fully saturated rings. The minimum Gasteiger partial charge on any atom is -0.466 e. The summed E-state index contributed by atoms with van der Waals surface area (Å²) in [6.07, 6.45) is 1.84. The van der Waals surface area contributed by atoms with Gasteiger partial charge in [-0.25, -0.2) is 0 Å². The fourth-order valence-electron chi connectivity index (χ4n) is 2.78. The molecule has 102 valence electrons. The van der Waals surface area contributed by atoms with Gasteiger partial charge in [0, 0.05) is 17.1 Å². The van der Waals surface area contributed by atoms with Crippen LogP contribution in [-0.4, -0.2) is 12.0 Å². The molecular formula is C17H18N2O. The van der Waals surface area contributed by atoms with Gasteiger partial charge >= 0.3 is 0 Å². The van der Waals surface area contributed by atoms with Crippen LogP contribution in [0.25, 0.3) is 10.9 Å². The number of nitrogens with zero attached hydrogens (tertiary/aromatic N) is 1. The van der Waals surface area contributed by atoms with Gasteiger partial charge in [0.05, 0.1) is 11.6 Å². The Labute approximate surface area is 118 Å². The van der Waals surface area contributed by atoms with E-state index in [1.54, 1.807) is 0 Å². The van der Waals surface area contributed by atoms with Crippen LogP contribution in [0.3, 0.4) is 0 Å². The smallest absolute Gasteiger partial charge is 0.106 e. The van der Waals surface area contributed by atoms with E-state index in [9.17, 15) is 0 Å². The molecule has 0 amide bonds. The first-order valence-electron chi connectivity index (χ1n) is 6.78. The Morgan fingerprint density at radius 2 is 1.90 bits per heavy atom. The zero-order valence-corrected chi connectivity index (χ0v) is 12.0. The highest BCUT2D eigenvalue weighted by atomic mass is 16.3. The van der Waals surface area contributed by atoms with Gasteiger partial charge < -0.3 is 9.73 Å². The standard InChI is InChI=1S/C17H18N2O/c1-11-10-15(12(2)20-11)17(18-3)14-8-4-6-13-7-5-9-19-16(13)14/h4-10,17-18H,1-3H3. The van der Waals surface area contributed by atoms with Gasteiger partial charge in [-0.3, -0.25) is 4.98 Å². The predicted octanol–water partition coefficient (Wildman–Crippen LogP) is 3.75. The fourth-order valence-corrected chi connectivity index (χ4v) is 2.78. The molecule has 3 heteroatoms. The normalized spacial score (nSPS) is 12.8. The number of pyridine rings is 1. The summed E-state index contributed by atoms with van der Waals surface area (Å²) in [7, 11) is 1.97. The molecule has 0 spiro atoms. The Morgan fingerprint density at radius 3 is 2.60 bits per heavy atom. The highest BCUT2D eigenvalue weighted by Gasteiger charge is 2.19. The number of nitrogens with one attached hydrogen (secondary N) is 1. The molecule has 1 atom stereocenters. The molecule has 1 aromatic carbocycles. The van der Waals surface area contributed by atoms with Crippen LogP contribution in [0, 0.1) is 13.8 Å². The van der Waals surface area contributed by atoms with Crippen molar-refractivity contribution in [2.45, 2.75) is 19.9 Å². The molecule has 2 aromatic heterocycles. The molecule has 3 aromatic rings. The summed E-state index contributed by atoms with van der Waals surface area (Å²) < 4.78 is 5.67. The van der Waals surface area contributed by atoms with E-state index in [1.807, 2.05) is 33.2 Å². The van der Waals surface area contributed by atoms with E-state index in [-0.39, 0.29) is 6.04 Å². The van der Waals surface area contributed by atoms with Gasteiger partial charge in [-0.15, -0.1) is 0 Å². The second kappa shape index (κ2) is 5.10. The van der Waals surface area contributed by atoms with E-state index in [0.717, 1.165) is 22.4 Å². The van der Waals surface area contributed by atoms with Gasteiger partial charge in [-0.2, -0.15) is 0 Å². The van der Waals surface area contributed by atoms with E-state index in [0.29, 0.717) is 0 Å². The molecule has 0 saturated carbocycles. The molecule has 3 rings (SSSR count). The largest absolute Gasteiger partial charge is 0.466 e. The van der Waals surface area contributed by atoms with E-state index >= 15 is 0 Å². The minimum absolute atomic E-state index is 0.0889. The second-order valence-electron chi connectivity index (χ2n) is 5.01. The van der Waals surface area contributed by atoms with Crippen LogP contribution in [-0.2, 0) is 0 Å². The van der Waals surface area contributed by atoms with Gasteiger partial charge in [-0.1, -0.05) is 24.3 Å². The van der Waals surface area contributed by atoms with Crippen LogP contribution in [0.5, 0.6) is 0 Å². The fraction of sp³-hybridized carbons (Fsp3) is 0.235. The molecule has 0 aliphatic rings. The highest BCUT2D eigenvalue weighted by molar-refractivity contribution is 5.82. The topological polar surface area (TPSA) is 38.1 Å². The van der Waals surface area contributed by atoms with Gasteiger partial charge in [0.15, 0.2) is 0 Å². The number of benzene rings is 1. The summed E-state index contributed by atoms with van der Waals surface area (Å²) in [5.74, 6) is 1.89. The number of hydrogen-bond donors (Lipinski definition) is 1. The number of aromatic nitrogens is 1. The van der Waals surface area contributed by atoms with Crippen LogP contribution < -0.4 is 5.32 Å². The zero-order valence-electron chi connectivity index (χ0n) is 12.0. The van der Waals surface area contributed by atoms with Crippen molar-refractivity contribution >= 4 is 10.9 Å². The van der Waals surface area contributed by atoms with E-state index < -0.39 is 0 Å². The Bertz CT molecular complexity index is 740. The Morgan fingerprint density at radius 1 is 1.10 bits per heavy atom. The minimum atomic E-state index is 0.0889. The van der Waals surface area contributed by atoms with Crippen molar-refractivity contribution in [1.29, 1.82) is 0 Å². The quantitative estimate of drug-likeness (QED) is 0.784. The second-order valence-corrected chi connectivity index (χ2v) is 5.01. The van der Waals surface area contributed by atoms with Gasteiger partial charge in [0.2, 0.25) is 0 Å². The van der Waals surface area contributed by atoms with Gasteiger partial charge in [0.25, 0.3) is 0 Å². The highest BCUT2D eigenvalue weighted by Crippen LogP contribution is 2.30. The third-order valence-electron chi connectivity index (χ3n) is 3.65. The molecule has 20 heavy (non-hydrogen) atoms. The van der Waals surface area contributed by atoms with Crippen molar-refractivity contribution in [3.8, 4) is 0 Å². The first-order chi connectivity index (χ1) is 9.70. The van der Waals surface area contributed by atoms with Crippen molar-refractivity contribution in [3.63, 3.8) is 0 Å². The van der Waals surface area contributed by atoms with E-state index in [2.05, 4.69) is 40.6 Å². The van der Waals surface area contributed by atoms with Crippen molar-refractivity contribution in [1.82, 2.24) is 10.3 Å². The van der Waals surface area contributed by atoms with Crippen molar-refractivity contribution in [2.75, 3.05) is 7.05 Å². The maximum atomic E-state index is 5.67. The summed E-state index contributed by atoms with van der Waals surface area (Å²) in [6, 6.07) is 12.5. The first-order valence-corrected chi connectivity index (χ1v) is 6.78. The number of furan rings is 1. The molecule has 0 aliphatic heterocycles. The first kappa shape index (κ1) is 12.9. The monoisotopic (exact) mass is 266 g/mol. The number of rotatable bonds is 3. The van der Waals surface area contributed by atoms with Crippen LogP contribution >= 0.6 is 0 Å². The Balaban J connectivity index is 2.19. The molecule has 2 heterocycles. The van der Waals surface area contributed by atoms with E-state index in [1.165, 1.54) is 11.1 Å². The van der Waals surface area contributed by atoms with Gasteiger partial charge in [-0.05, 0) is 38.6 Å². The summed E-state index contributed by atoms with van der Waals surface area (Å²) in [5, 5.41) is 4.54. The lowest BCUT2D eigenvalue weighted by molar-refractivity contribution is 0.497. The average molecular weight is 266 g/mol. The van der Waals surface area contributed by atoms with Crippen LogP contribution in [0.1, 0.15) is 28.7 Å². The lowest BCUT2D eigenvalue weighted by Gasteiger charge is -2.17. The molecule has 3 nitrogen and oxygen atoms in total. The summed E-state index contributed by atoms with van der Waals surface area (Å²) in [4.78, 5) is 4.54. The molecule has 0 bridgehead atoms. The van der Waals surface area contributed by atoms with Crippen molar-refractivity contribution < 1.29 is 4.42 Å². The lowest BCUT2D eigenvalue weighted by atomic mass is 9.96. The lowest BCUT2D eigenvalue weighted by Crippen LogP contribution is -2.18. The summed E-state index contributed by atoms with van der Waals surface area (Å²) >= 11 is 0. The molecular weight excluding hydrogens is 248 g/mol. The third-order valence-corrected chi connectivity index (χ3v) is 3.65. The maximum Gasteiger partial charge on any atom is 0.106 e. The molecule has 0 aliphatic carbocycles. The van der Waals surface area contributed by atoms with Crippen molar-refractivity contribution in [3.05, 3.63) is 65.2 Å². The number of hydrogen-bond acceptors (Lipinski definition) is 3. The maximum absolute atomic E-state index is 5.67. The molecule has 1 unspecified atom stereocenters. The zero-order chi connectivity index (χ0) is 14.1.